The minimum atomic E-state index is -0.374. The normalized spacial score (nSPS) is 63.3. The average Bonchev–Trinajstić information content (AvgIpc) is 3.15. The van der Waals surface area contributed by atoms with Crippen molar-refractivity contribution in [2.24, 2.45) is 52.3 Å². The Bertz CT molecular complexity index is 716. The van der Waals surface area contributed by atoms with Gasteiger partial charge >= 0.3 is 0 Å². The molecular formula is C27H44O4. The summed E-state index contributed by atoms with van der Waals surface area (Å²) in [4.78, 5) is 0. The lowest BCUT2D eigenvalue weighted by Crippen LogP contribution is -2.59. The molecule has 0 radical (unpaired) electrons. The van der Waals surface area contributed by atoms with E-state index in [1.807, 2.05) is 0 Å². The minimum absolute atomic E-state index is 0.130. The van der Waals surface area contributed by atoms with Crippen LogP contribution in [0.3, 0.4) is 0 Å². The van der Waals surface area contributed by atoms with E-state index in [9.17, 15) is 10.2 Å². The maximum Gasteiger partial charge on any atom is 0.171 e. The Balaban J connectivity index is 1.29. The van der Waals surface area contributed by atoms with Gasteiger partial charge in [-0.05, 0) is 97.7 Å². The van der Waals surface area contributed by atoms with Gasteiger partial charge < -0.3 is 19.7 Å². The van der Waals surface area contributed by atoms with Crippen molar-refractivity contribution in [2.45, 2.75) is 110 Å². The molecule has 2 heterocycles. The van der Waals surface area contributed by atoms with Crippen LogP contribution in [-0.2, 0) is 9.47 Å². The van der Waals surface area contributed by atoms with E-state index in [2.05, 4.69) is 27.7 Å². The molecule has 2 aliphatic heterocycles. The Morgan fingerprint density at radius 1 is 0.871 bits per heavy atom. The molecule has 6 rings (SSSR count). The number of aliphatic hydroxyl groups is 2. The van der Waals surface area contributed by atoms with Crippen molar-refractivity contribution >= 4 is 0 Å². The Hall–Kier alpha value is -0.160. The van der Waals surface area contributed by atoms with Gasteiger partial charge in [0.15, 0.2) is 5.79 Å². The smallest absolute Gasteiger partial charge is 0.171 e. The molecule has 4 saturated carbocycles. The molecule has 176 valence electrons. The summed E-state index contributed by atoms with van der Waals surface area (Å²) >= 11 is 0. The fraction of sp³-hybridized carbons (Fsp3) is 1.00. The molecule has 4 nitrogen and oxygen atoms in total. The molecule has 6 aliphatic rings. The molecule has 13 atom stereocenters. The van der Waals surface area contributed by atoms with Gasteiger partial charge in [-0.2, -0.15) is 0 Å². The first-order chi connectivity index (χ1) is 14.7. The summed E-state index contributed by atoms with van der Waals surface area (Å²) in [5, 5.41) is 22.0. The number of hydrogen-bond donors (Lipinski definition) is 2. The lowest BCUT2D eigenvalue weighted by Gasteiger charge is -2.62. The monoisotopic (exact) mass is 432 g/mol. The van der Waals surface area contributed by atoms with Crippen LogP contribution in [0.4, 0.5) is 0 Å². The van der Waals surface area contributed by atoms with Gasteiger partial charge in [-0.3, -0.25) is 0 Å². The SMILES string of the molecule is CC1CCC2(OC1)OC1CC3C4CCC5CC(O)CCC5(C)C4C(O)CC3(C)C1C2C. The highest BCUT2D eigenvalue weighted by molar-refractivity contribution is 5.17. The van der Waals surface area contributed by atoms with E-state index in [1.54, 1.807) is 0 Å². The predicted molar refractivity (Wildman–Crippen MR) is 119 cm³/mol. The Morgan fingerprint density at radius 2 is 1.68 bits per heavy atom. The first kappa shape index (κ1) is 21.4. The number of aliphatic hydroxyl groups excluding tert-OH is 2. The lowest BCUT2D eigenvalue weighted by atomic mass is 9.43. The Labute approximate surface area is 188 Å². The zero-order valence-electron chi connectivity index (χ0n) is 20.1. The van der Waals surface area contributed by atoms with Crippen molar-refractivity contribution in [3.8, 4) is 0 Å². The van der Waals surface area contributed by atoms with E-state index in [1.165, 1.54) is 19.3 Å². The van der Waals surface area contributed by atoms with Crippen molar-refractivity contribution in [1.82, 2.24) is 0 Å². The van der Waals surface area contributed by atoms with Gasteiger partial charge in [-0.1, -0.05) is 27.7 Å². The Kier molecular flexibility index (Phi) is 4.78. The van der Waals surface area contributed by atoms with Crippen LogP contribution in [0.15, 0.2) is 0 Å². The van der Waals surface area contributed by atoms with E-state index >= 15 is 0 Å². The number of rotatable bonds is 0. The molecule has 13 unspecified atom stereocenters. The highest BCUT2D eigenvalue weighted by Gasteiger charge is 2.70. The van der Waals surface area contributed by atoms with Gasteiger partial charge in [0.25, 0.3) is 0 Å². The molecule has 0 amide bonds. The van der Waals surface area contributed by atoms with Crippen LogP contribution in [0.1, 0.15) is 85.5 Å². The van der Waals surface area contributed by atoms with E-state index < -0.39 is 0 Å². The van der Waals surface area contributed by atoms with Crippen LogP contribution in [0, 0.1) is 52.3 Å². The second kappa shape index (κ2) is 6.93. The van der Waals surface area contributed by atoms with Gasteiger partial charge in [0, 0.05) is 12.3 Å². The van der Waals surface area contributed by atoms with Crippen LogP contribution in [-0.4, -0.2) is 40.9 Å². The second-order valence-electron chi connectivity index (χ2n) is 13.3. The van der Waals surface area contributed by atoms with E-state index in [4.69, 9.17) is 9.47 Å². The van der Waals surface area contributed by atoms with Gasteiger partial charge in [0.05, 0.1) is 24.9 Å². The van der Waals surface area contributed by atoms with Crippen molar-refractivity contribution < 1.29 is 19.7 Å². The van der Waals surface area contributed by atoms with Crippen molar-refractivity contribution in [1.29, 1.82) is 0 Å². The Morgan fingerprint density at radius 3 is 2.42 bits per heavy atom. The third-order valence-corrected chi connectivity index (χ3v) is 11.8. The highest BCUT2D eigenvalue weighted by Crippen LogP contribution is 2.71. The molecule has 2 saturated heterocycles. The molecule has 0 aromatic heterocycles. The summed E-state index contributed by atoms with van der Waals surface area (Å²) in [6, 6.07) is 0. The van der Waals surface area contributed by atoms with Crippen LogP contribution in [0.25, 0.3) is 0 Å². The van der Waals surface area contributed by atoms with Crippen LogP contribution >= 0.6 is 0 Å². The van der Waals surface area contributed by atoms with E-state index in [-0.39, 0.29) is 28.8 Å². The fourth-order valence-corrected chi connectivity index (χ4v) is 10.4. The largest absolute Gasteiger partial charge is 0.393 e. The fourth-order valence-electron chi connectivity index (χ4n) is 10.4. The average molecular weight is 433 g/mol. The molecule has 31 heavy (non-hydrogen) atoms. The van der Waals surface area contributed by atoms with Gasteiger partial charge in [0.2, 0.25) is 0 Å². The van der Waals surface area contributed by atoms with Gasteiger partial charge in [-0.15, -0.1) is 0 Å². The third kappa shape index (κ3) is 2.80. The van der Waals surface area contributed by atoms with E-state index in [0.717, 1.165) is 45.1 Å². The quantitative estimate of drug-likeness (QED) is 0.579. The zero-order chi connectivity index (χ0) is 21.8. The molecule has 0 bridgehead atoms. The summed E-state index contributed by atoms with van der Waals surface area (Å²) in [7, 11) is 0. The third-order valence-electron chi connectivity index (χ3n) is 11.8. The summed E-state index contributed by atoms with van der Waals surface area (Å²) in [5.74, 6) is 3.40. The summed E-state index contributed by atoms with van der Waals surface area (Å²) in [6.45, 7) is 10.4. The molecule has 1 spiro atoms. The molecule has 0 aromatic carbocycles. The summed E-state index contributed by atoms with van der Waals surface area (Å²) in [5.41, 5.74) is 0.342. The summed E-state index contributed by atoms with van der Waals surface area (Å²) in [6.07, 6.45) is 9.63. The highest BCUT2D eigenvalue weighted by atomic mass is 16.7. The first-order valence-corrected chi connectivity index (χ1v) is 13.4. The maximum atomic E-state index is 11.7. The van der Waals surface area contributed by atoms with Crippen LogP contribution in [0.2, 0.25) is 0 Å². The van der Waals surface area contributed by atoms with Crippen LogP contribution < -0.4 is 0 Å². The molecule has 0 aromatic rings. The van der Waals surface area contributed by atoms with Crippen molar-refractivity contribution in [2.75, 3.05) is 6.61 Å². The van der Waals surface area contributed by atoms with Crippen molar-refractivity contribution in [3.05, 3.63) is 0 Å². The number of hydrogen-bond acceptors (Lipinski definition) is 4. The molecular weight excluding hydrogens is 388 g/mol. The van der Waals surface area contributed by atoms with Crippen LogP contribution in [0.5, 0.6) is 0 Å². The van der Waals surface area contributed by atoms with E-state index in [0.29, 0.717) is 47.5 Å². The van der Waals surface area contributed by atoms with Gasteiger partial charge in [-0.25, -0.2) is 0 Å². The molecule has 4 aliphatic carbocycles. The topological polar surface area (TPSA) is 58.9 Å². The van der Waals surface area contributed by atoms with Crippen molar-refractivity contribution in [3.63, 3.8) is 0 Å². The molecule has 4 heteroatoms. The first-order valence-electron chi connectivity index (χ1n) is 13.4. The second-order valence-corrected chi connectivity index (χ2v) is 13.3. The number of ether oxygens (including phenoxy) is 2. The predicted octanol–water partition coefficient (Wildman–Crippen LogP) is 4.76. The zero-order valence-corrected chi connectivity index (χ0v) is 20.1. The maximum absolute atomic E-state index is 11.7. The summed E-state index contributed by atoms with van der Waals surface area (Å²) < 4.78 is 13.3. The molecule has 6 fully saturated rings. The standard InChI is InChI=1S/C27H44O4/c1-15-7-10-27(30-14-15)16(2)23-22(31-27)12-20-19-6-5-17-11-18(28)8-9-25(17,3)24(19)21(29)13-26(20,23)4/h15-24,28-29H,5-14H2,1-4H3. The number of fused-ring (bicyclic) bond motifs is 7. The molecule has 2 N–H and O–H groups in total. The minimum Gasteiger partial charge on any atom is -0.393 e. The van der Waals surface area contributed by atoms with Gasteiger partial charge in [0.1, 0.15) is 0 Å². The lowest BCUT2D eigenvalue weighted by molar-refractivity contribution is -0.274.